The van der Waals surface area contributed by atoms with Gasteiger partial charge in [0.1, 0.15) is 0 Å². The van der Waals surface area contributed by atoms with E-state index in [1.54, 1.807) is 11.9 Å². The number of piperazine rings is 1. The Morgan fingerprint density at radius 1 is 1.17 bits per heavy atom. The first-order valence-electron chi connectivity index (χ1n) is 10.4. The Bertz CT molecular complexity index is 746. The van der Waals surface area contributed by atoms with Gasteiger partial charge >= 0.3 is 6.09 Å². The molecule has 1 heterocycles. The molecule has 0 unspecified atom stereocenters. The van der Waals surface area contributed by atoms with Gasteiger partial charge in [-0.25, -0.2) is 4.79 Å². The SMILES string of the molecule is CCOC(=O)N1CCN(C(=NC)NCc2cccc(NC(=O)C3CCC3)c2)CC1.I. The van der Waals surface area contributed by atoms with Gasteiger partial charge in [0.15, 0.2) is 5.96 Å². The summed E-state index contributed by atoms with van der Waals surface area (Å²) in [6.07, 6.45) is 2.88. The number of amides is 2. The van der Waals surface area contributed by atoms with E-state index in [2.05, 4.69) is 20.5 Å². The van der Waals surface area contributed by atoms with E-state index in [9.17, 15) is 9.59 Å². The fourth-order valence-corrected chi connectivity index (χ4v) is 3.50. The summed E-state index contributed by atoms with van der Waals surface area (Å²) in [6, 6.07) is 7.89. The van der Waals surface area contributed by atoms with Gasteiger partial charge in [-0.05, 0) is 37.5 Å². The summed E-state index contributed by atoms with van der Waals surface area (Å²) in [5.41, 5.74) is 1.90. The molecular formula is C21H32IN5O3. The molecule has 0 bridgehead atoms. The molecule has 1 saturated carbocycles. The number of rotatable bonds is 5. The molecule has 2 amide bonds. The zero-order valence-electron chi connectivity index (χ0n) is 17.7. The van der Waals surface area contributed by atoms with Crippen molar-refractivity contribution in [2.75, 3.05) is 45.2 Å². The van der Waals surface area contributed by atoms with Crippen LogP contribution in [-0.2, 0) is 16.1 Å². The Kier molecular flexibility index (Phi) is 9.67. The number of halogens is 1. The molecule has 0 atom stereocenters. The first kappa shape index (κ1) is 24.2. The number of carbonyl (C=O) groups excluding carboxylic acids is 2. The van der Waals surface area contributed by atoms with Gasteiger partial charge in [0.05, 0.1) is 6.61 Å². The van der Waals surface area contributed by atoms with Crippen molar-refractivity contribution in [2.24, 2.45) is 10.9 Å². The second kappa shape index (κ2) is 12.0. The monoisotopic (exact) mass is 529 g/mol. The lowest BCUT2D eigenvalue weighted by molar-refractivity contribution is -0.122. The van der Waals surface area contributed by atoms with Crippen molar-refractivity contribution in [3.05, 3.63) is 29.8 Å². The maximum Gasteiger partial charge on any atom is 0.409 e. The number of aliphatic imine (C=N–C) groups is 1. The Morgan fingerprint density at radius 3 is 2.47 bits per heavy atom. The number of hydrogen-bond acceptors (Lipinski definition) is 4. The van der Waals surface area contributed by atoms with Gasteiger partial charge in [0.2, 0.25) is 5.91 Å². The molecule has 9 heteroatoms. The predicted octanol–water partition coefficient (Wildman–Crippen LogP) is 2.89. The molecule has 1 saturated heterocycles. The second-order valence-electron chi connectivity index (χ2n) is 7.39. The molecular weight excluding hydrogens is 497 g/mol. The van der Waals surface area contributed by atoms with Crippen LogP contribution in [0.3, 0.4) is 0 Å². The zero-order valence-corrected chi connectivity index (χ0v) is 20.1. The van der Waals surface area contributed by atoms with Gasteiger partial charge in [0, 0.05) is 51.4 Å². The number of nitrogens with zero attached hydrogens (tertiary/aromatic N) is 3. The normalized spacial score (nSPS) is 16.9. The number of hydrogen-bond donors (Lipinski definition) is 2. The Hall–Kier alpha value is -2.04. The van der Waals surface area contributed by atoms with Gasteiger partial charge in [-0.15, -0.1) is 24.0 Å². The lowest BCUT2D eigenvalue weighted by atomic mass is 9.85. The molecule has 0 aromatic heterocycles. The lowest BCUT2D eigenvalue weighted by Crippen LogP contribution is -2.53. The highest BCUT2D eigenvalue weighted by atomic mass is 127. The maximum absolute atomic E-state index is 12.2. The van der Waals surface area contributed by atoms with Crippen molar-refractivity contribution in [2.45, 2.75) is 32.7 Å². The van der Waals surface area contributed by atoms with Crippen LogP contribution in [0.5, 0.6) is 0 Å². The van der Waals surface area contributed by atoms with E-state index in [1.807, 2.05) is 31.2 Å². The average molecular weight is 529 g/mol. The first-order chi connectivity index (χ1) is 14.1. The van der Waals surface area contributed by atoms with Crippen LogP contribution in [0.2, 0.25) is 0 Å². The van der Waals surface area contributed by atoms with Gasteiger partial charge in [-0.3, -0.25) is 9.79 Å². The topological polar surface area (TPSA) is 86.3 Å². The number of carbonyl (C=O) groups is 2. The van der Waals surface area contributed by atoms with Gasteiger partial charge in [-0.1, -0.05) is 18.6 Å². The third-order valence-electron chi connectivity index (χ3n) is 5.44. The molecule has 2 fully saturated rings. The van der Waals surface area contributed by atoms with Gasteiger partial charge in [0.25, 0.3) is 0 Å². The summed E-state index contributed by atoms with van der Waals surface area (Å²) in [4.78, 5) is 32.2. The van der Waals surface area contributed by atoms with Crippen molar-refractivity contribution < 1.29 is 14.3 Å². The molecule has 0 radical (unpaired) electrons. The third kappa shape index (κ3) is 6.48. The molecule has 1 aromatic rings. The van der Waals surface area contributed by atoms with E-state index in [0.29, 0.717) is 39.3 Å². The molecule has 30 heavy (non-hydrogen) atoms. The molecule has 1 aliphatic heterocycles. The van der Waals surface area contributed by atoms with Crippen LogP contribution in [0, 0.1) is 5.92 Å². The number of ether oxygens (including phenoxy) is 1. The van der Waals surface area contributed by atoms with Crippen molar-refractivity contribution in [3.63, 3.8) is 0 Å². The van der Waals surface area contributed by atoms with Crippen molar-refractivity contribution in [3.8, 4) is 0 Å². The quantitative estimate of drug-likeness (QED) is 0.348. The molecule has 1 aliphatic carbocycles. The van der Waals surface area contributed by atoms with Crippen LogP contribution in [-0.4, -0.2) is 67.6 Å². The molecule has 2 aliphatic rings. The van der Waals surface area contributed by atoms with Crippen LogP contribution >= 0.6 is 24.0 Å². The highest BCUT2D eigenvalue weighted by molar-refractivity contribution is 14.0. The minimum absolute atomic E-state index is 0. The number of anilines is 1. The first-order valence-corrected chi connectivity index (χ1v) is 10.4. The highest BCUT2D eigenvalue weighted by Crippen LogP contribution is 2.27. The minimum Gasteiger partial charge on any atom is -0.450 e. The summed E-state index contributed by atoms with van der Waals surface area (Å²) in [5, 5.41) is 6.40. The Morgan fingerprint density at radius 2 is 1.87 bits per heavy atom. The average Bonchev–Trinajstić information content (AvgIpc) is 2.68. The molecule has 8 nitrogen and oxygen atoms in total. The van der Waals surface area contributed by atoms with E-state index in [-0.39, 0.29) is 41.9 Å². The van der Waals surface area contributed by atoms with Crippen molar-refractivity contribution in [1.82, 2.24) is 15.1 Å². The lowest BCUT2D eigenvalue weighted by Gasteiger charge is -2.35. The van der Waals surface area contributed by atoms with Crippen LogP contribution in [0.1, 0.15) is 31.7 Å². The highest BCUT2D eigenvalue weighted by Gasteiger charge is 2.25. The Labute approximate surface area is 195 Å². The summed E-state index contributed by atoms with van der Waals surface area (Å²) in [6.45, 7) is 5.45. The summed E-state index contributed by atoms with van der Waals surface area (Å²) in [7, 11) is 1.76. The van der Waals surface area contributed by atoms with Crippen molar-refractivity contribution in [1.29, 1.82) is 0 Å². The molecule has 0 spiro atoms. The van der Waals surface area contributed by atoms with Crippen LogP contribution in [0.15, 0.2) is 29.3 Å². The molecule has 1 aromatic carbocycles. The fourth-order valence-electron chi connectivity index (χ4n) is 3.50. The molecule has 2 N–H and O–H groups in total. The van der Waals surface area contributed by atoms with Crippen LogP contribution in [0.4, 0.5) is 10.5 Å². The number of guanidine groups is 1. The van der Waals surface area contributed by atoms with E-state index < -0.39 is 0 Å². The van der Waals surface area contributed by atoms with Gasteiger partial charge < -0.3 is 25.2 Å². The van der Waals surface area contributed by atoms with Crippen molar-refractivity contribution >= 4 is 47.6 Å². The number of benzene rings is 1. The zero-order chi connectivity index (χ0) is 20.6. The van der Waals surface area contributed by atoms with E-state index >= 15 is 0 Å². The number of nitrogens with one attached hydrogen (secondary N) is 2. The second-order valence-corrected chi connectivity index (χ2v) is 7.39. The summed E-state index contributed by atoms with van der Waals surface area (Å²) < 4.78 is 5.07. The minimum atomic E-state index is -0.254. The predicted molar refractivity (Wildman–Crippen MR) is 128 cm³/mol. The van der Waals surface area contributed by atoms with E-state index in [0.717, 1.165) is 36.5 Å². The maximum atomic E-state index is 12.2. The van der Waals surface area contributed by atoms with Crippen LogP contribution < -0.4 is 10.6 Å². The molecule has 3 rings (SSSR count). The van der Waals surface area contributed by atoms with Gasteiger partial charge in [-0.2, -0.15) is 0 Å². The van der Waals surface area contributed by atoms with E-state index in [1.165, 1.54) is 0 Å². The smallest absolute Gasteiger partial charge is 0.409 e. The van der Waals surface area contributed by atoms with E-state index in [4.69, 9.17) is 4.74 Å². The third-order valence-corrected chi connectivity index (χ3v) is 5.44. The largest absolute Gasteiger partial charge is 0.450 e. The summed E-state index contributed by atoms with van der Waals surface area (Å²) >= 11 is 0. The summed E-state index contributed by atoms with van der Waals surface area (Å²) in [5.74, 6) is 1.10. The van der Waals surface area contributed by atoms with Crippen LogP contribution in [0.25, 0.3) is 0 Å². The fraction of sp³-hybridized carbons (Fsp3) is 0.571. The Balaban J connectivity index is 0.00000320. The standard InChI is InChI=1S/C21H31N5O3.HI/c1-3-29-21(28)26-12-10-25(11-13-26)20(22-2)23-15-16-6-4-9-18(14-16)24-19(27)17-7-5-8-17;/h4,6,9,14,17H,3,5,7-8,10-13,15H2,1-2H3,(H,22,23)(H,24,27);1H. The molecule has 166 valence electrons.